The van der Waals surface area contributed by atoms with E-state index >= 15 is 0 Å². The molecule has 5 heteroatoms. The smallest absolute Gasteiger partial charge is 0.115 e. The molecule has 1 aliphatic carbocycles. The fraction of sp³-hybridized carbons (Fsp3) is 0.370. The third kappa shape index (κ3) is 7.63. The second-order valence-corrected chi connectivity index (χ2v) is 16.3. The van der Waals surface area contributed by atoms with Gasteiger partial charge in [0.15, 0.2) is 0 Å². The molecule has 3 unspecified atom stereocenters. The summed E-state index contributed by atoms with van der Waals surface area (Å²) in [5.41, 5.74) is 15.1. The van der Waals surface area contributed by atoms with E-state index in [1.54, 1.807) is 0 Å². The van der Waals surface area contributed by atoms with Crippen LogP contribution in [0.4, 0.5) is 5.69 Å². The minimum atomic E-state index is -0.381. The van der Waals surface area contributed by atoms with Crippen molar-refractivity contribution in [3.05, 3.63) is 156 Å². The molecule has 1 saturated carbocycles. The standard InChI is InChI=1S/C46H52Cl2N2O/c1-27-21-29(3)41(30(4)22-27)45(42-31(5)23-28(2)24-32(42)6)51-40(26-50-33(7)19-20-34(50)8)43(49-44-38(47)17-14-18-39(44)48)36-25-37(36)46(9,10)35-15-12-11-13-16-35/h11-24,36-37,40,45H,25-26H2,1-10H3. The van der Waals surface area contributed by atoms with Gasteiger partial charge in [-0.2, -0.15) is 0 Å². The fourth-order valence-electron chi connectivity index (χ4n) is 8.53. The first kappa shape index (κ1) is 37.1. The fourth-order valence-corrected chi connectivity index (χ4v) is 9.02. The number of rotatable bonds is 11. The van der Waals surface area contributed by atoms with Crippen LogP contribution in [-0.4, -0.2) is 16.4 Å². The first-order chi connectivity index (χ1) is 24.2. The van der Waals surface area contributed by atoms with E-state index in [1.165, 1.54) is 61.5 Å². The summed E-state index contributed by atoms with van der Waals surface area (Å²) < 4.78 is 10.1. The number of aliphatic imine (C=N–C) groups is 1. The highest BCUT2D eigenvalue weighted by Gasteiger charge is 2.52. The molecule has 3 nitrogen and oxygen atoms in total. The average molecular weight is 720 g/mol. The van der Waals surface area contributed by atoms with Gasteiger partial charge in [0, 0.05) is 17.3 Å². The Labute approximate surface area is 315 Å². The van der Waals surface area contributed by atoms with Gasteiger partial charge in [-0.1, -0.05) is 109 Å². The van der Waals surface area contributed by atoms with Crippen LogP contribution in [-0.2, 0) is 16.7 Å². The third-order valence-corrected chi connectivity index (χ3v) is 11.8. The molecule has 0 amide bonds. The normalized spacial score (nSPS) is 16.9. The van der Waals surface area contributed by atoms with Crippen LogP contribution in [0.15, 0.2) is 89.9 Å². The van der Waals surface area contributed by atoms with Crippen LogP contribution >= 0.6 is 23.2 Å². The van der Waals surface area contributed by atoms with Crippen molar-refractivity contribution < 1.29 is 4.74 Å². The molecule has 4 aromatic carbocycles. The number of ether oxygens (including phenoxy) is 1. The molecule has 0 N–H and O–H groups in total. The molecule has 5 aromatic rings. The van der Waals surface area contributed by atoms with Gasteiger partial charge in [0.2, 0.25) is 0 Å². The van der Waals surface area contributed by atoms with Crippen LogP contribution in [0.25, 0.3) is 0 Å². The number of para-hydroxylation sites is 1. The third-order valence-electron chi connectivity index (χ3n) is 11.2. The Balaban J connectivity index is 1.58. The summed E-state index contributed by atoms with van der Waals surface area (Å²) in [6.07, 6.45) is 0.301. The maximum absolute atomic E-state index is 7.75. The number of benzene rings is 4. The van der Waals surface area contributed by atoms with Crippen molar-refractivity contribution in [2.24, 2.45) is 16.8 Å². The van der Waals surface area contributed by atoms with E-state index in [-0.39, 0.29) is 23.5 Å². The number of aromatic nitrogens is 1. The maximum Gasteiger partial charge on any atom is 0.115 e. The zero-order valence-electron chi connectivity index (χ0n) is 31.9. The number of hydrogen-bond acceptors (Lipinski definition) is 2. The van der Waals surface area contributed by atoms with Crippen molar-refractivity contribution in [3.8, 4) is 0 Å². The van der Waals surface area contributed by atoms with Crippen LogP contribution in [0.1, 0.15) is 87.8 Å². The average Bonchev–Trinajstić information content (AvgIpc) is 3.80. The molecule has 6 rings (SSSR count). The van der Waals surface area contributed by atoms with E-state index in [4.69, 9.17) is 32.9 Å². The Bertz CT molecular complexity index is 1950. The zero-order valence-corrected chi connectivity index (χ0v) is 33.4. The molecular weight excluding hydrogens is 667 g/mol. The summed E-state index contributed by atoms with van der Waals surface area (Å²) >= 11 is 13.8. The highest BCUT2D eigenvalue weighted by Crippen LogP contribution is 2.54. The van der Waals surface area contributed by atoms with Gasteiger partial charge in [-0.05, 0) is 136 Å². The molecular formula is C46H52Cl2N2O. The molecule has 266 valence electrons. The van der Waals surface area contributed by atoms with Gasteiger partial charge in [0.25, 0.3) is 0 Å². The first-order valence-electron chi connectivity index (χ1n) is 18.2. The minimum absolute atomic E-state index is 0.0749. The lowest BCUT2D eigenvalue weighted by atomic mass is 9.78. The van der Waals surface area contributed by atoms with E-state index in [1.807, 2.05) is 18.2 Å². The zero-order chi connectivity index (χ0) is 36.8. The highest BCUT2D eigenvalue weighted by atomic mass is 35.5. The van der Waals surface area contributed by atoms with Gasteiger partial charge >= 0.3 is 0 Å². The van der Waals surface area contributed by atoms with Gasteiger partial charge in [-0.25, -0.2) is 0 Å². The Kier molecular flexibility index (Phi) is 10.8. The van der Waals surface area contributed by atoms with E-state index in [0.29, 0.717) is 28.2 Å². The number of aryl methyl sites for hydroxylation is 8. The molecule has 1 aliphatic rings. The van der Waals surface area contributed by atoms with E-state index in [9.17, 15) is 0 Å². The summed E-state index contributed by atoms with van der Waals surface area (Å²) in [4.78, 5) is 5.49. The van der Waals surface area contributed by atoms with Crippen LogP contribution in [0, 0.1) is 67.2 Å². The summed E-state index contributed by atoms with van der Waals surface area (Å²) in [5.74, 6) is 0.539. The van der Waals surface area contributed by atoms with Gasteiger partial charge in [-0.15, -0.1) is 0 Å². The van der Waals surface area contributed by atoms with Gasteiger partial charge in [-0.3, -0.25) is 4.99 Å². The van der Waals surface area contributed by atoms with E-state index in [2.05, 4.69) is 141 Å². The van der Waals surface area contributed by atoms with Crippen LogP contribution in [0.3, 0.4) is 0 Å². The summed E-state index contributed by atoms with van der Waals surface area (Å²) in [5, 5.41) is 1.08. The van der Waals surface area contributed by atoms with Crippen LogP contribution in [0.5, 0.6) is 0 Å². The molecule has 1 heterocycles. The Morgan fingerprint density at radius 3 is 1.71 bits per heavy atom. The topological polar surface area (TPSA) is 26.5 Å². The van der Waals surface area contributed by atoms with Crippen molar-refractivity contribution in [2.75, 3.05) is 0 Å². The molecule has 51 heavy (non-hydrogen) atoms. The van der Waals surface area contributed by atoms with Gasteiger partial charge in [0.05, 0.1) is 22.3 Å². The molecule has 1 aromatic heterocycles. The van der Waals surface area contributed by atoms with Gasteiger partial charge in [0.1, 0.15) is 17.9 Å². The minimum Gasteiger partial charge on any atom is -0.358 e. The Hall–Kier alpha value is -3.63. The highest BCUT2D eigenvalue weighted by molar-refractivity contribution is 6.39. The van der Waals surface area contributed by atoms with Crippen LogP contribution < -0.4 is 0 Å². The molecule has 0 saturated heterocycles. The number of nitrogens with zero attached hydrogens (tertiary/aromatic N) is 2. The molecule has 0 bridgehead atoms. The lowest BCUT2D eigenvalue weighted by Gasteiger charge is -2.33. The van der Waals surface area contributed by atoms with E-state index < -0.39 is 0 Å². The van der Waals surface area contributed by atoms with Crippen molar-refractivity contribution in [3.63, 3.8) is 0 Å². The molecule has 0 radical (unpaired) electrons. The van der Waals surface area contributed by atoms with Crippen molar-refractivity contribution in [1.29, 1.82) is 0 Å². The summed E-state index contributed by atoms with van der Waals surface area (Å²) in [6.45, 7) is 22.9. The second-order valence-electron chi connectivity index (χ2n) is 15.5. The predicted molar refractivity (Wildman–Crippen MR) is 217 cm³/mol. The lowest BCUT2D eigenvalue weighted by molar-refractivity contribution is 0.0345. The SMILES string of the molecule is Cc1cc(C)c(C(OC(Cn2c(C)ccc2C)C(=Nc2c(Cl)cccc2Cl)C2CC2C(C)(C)c2ccccc2)c2c(C)cc(C)cc2C)c(C)c1. The number of hydrogen-bond donors (Lipinski definition) is 0. The summed E-state index contributed by atoms with van der Waals surface area (Å²) in [6, 6.07) is 30.0. The van der Waals surface area contributed by atoms with Crippen molar-refractivity contribution in [2.45, 2.75) is 99.8 Å². The Morgan fingerprint density at radius 2 is 1.22 bits per heavy atom. The first-order valence-corrected chi connectivity index (χ1v) is 18.9. The van der Waals surface area contributed by atoms with Gasteiger partial charge < -0.3 is 9.30 Å². The lowest BCUT2D eigenvalue weighted by Crippen LogP contribution is -2.35. The monoisotopic (exact) mass is 718 g/mol. The van der Waals surface area contributed by atoms with Crippen molar-refractivity contribution in [1.82, 2.24) is 4.57 Å². The van der Waals surface area contributed by atoms with Crippen LogP contribution in [0.2, 0.25) is 10.0 Å². The van der Waals surface area contributed by atoms with Crippen molar-refractivity contribution >= 4 is 34.6 Å². The largest absolute Gasteiger partial charge is 0.358 e. The Morgan fingerprint density at radius 1 is 0.725 bits per heavy atom. The second kappa shape index (κ2) is 14.8. The maximum atomic E-state index is 7.75. The summed E-state index contributed by atoms with van der Waals surface area (Å²) in [7, 11) is 0. The van der Waals surface area contributed by atoms with E-state index in [0.717, 1.165) is 12.1 Å². The predicted octanol–water partition coefficient (Wildman–Crippen LogP) is 12.8. The molecule has 0 aliphatic heterocycles. The quantitative estimate of drug-likeness (QED) is 0.125. The number of halogens is 2. The molecule has 0 spiro atoms. The molecule has 3 atom stereocenters. The molecule has 1 fully saturated rings.